The predicted octanol–water partition coefficient (Wildman–Crippen LogP) is 2.09. The molecule has 19 heavy (non-hydrogen) atoms. The van der Waals surface area contributed by atoms with E-state index in [0.717, 1.165) is 0 Å². The van der Waals surface area contributed by atoms with E-state index in [1.165, 1.54) is 0 Å². The van der Waals surface area contributed by atoms with E-state index in [0.29, 0.717) is 29.4 Å². The van der Waals surface area contributed by atoms with Gasteiger partial charge in [0.15, 0.2) is 0 Å². The summed E-state index contributed by atoms with van der Waals surface area (Å²) in [6, 6.07) is 6.60. The Morgan fingerprint density at radius 2 is 2.32 bits per heavy atom. The minimum absolute atomic E-state index is 0.186. The second-order valence-electron chi connectivity index (χ2n) is 4.29. The number of hydrogen-bond acceptors (Lipinski definition) is 4. The van der Waals surface area contributed by atoms with E-state index >= 15 is 0 Å². The monoisotopic (exact) mass is 280 g/mol. The van der Waals surface area contributed by atoms with Gasteiger partial charge in [-0.25, -0.2) is 0 Å². The number of anilines is 2. The summed E-state index contributed by atoms with van der Waals surface area (Å²) >= 11 is 5.86. The topological polar surface area (TPSA) is 82.2 Å². The normalized spacial score (nSPS) is 11.9. The van der Waals surface area contributed by atoms with Crippen LogP contribution >= 0.6 is 11.6 Å². The molecule has 0 saturated carbocycles. The van der Waals surface area contributed by atoms with Gasteiger partial charge in [-0.2, -0.15) is 5.26 Å². The Balaban J connectivity index is 2.68. The number of benzene rings is 1. The van der Waals surface area contributed by atoms with Crippen LogP contribution in [-0.2, 0) is 4.79 Å². The Morgan fingerprint density at radius 3 is 2.95 bits per heavy atom. The van der Waals surface area contributed by atoms with Gasteiger partial charge in [-0.1, -0.05) is 11.6 Å². The van der Waals surface area contributed by atoms with Crippen LogP contribution in [0.3, 0.4) is 0 Å². The van der Waals surface area contributed by atoms with E-state index in [1.54, 1.807) is 37.1 Å². The van der Waals surface area contributed by atoms with Crippen LogP contribution in [0.15, 0.2) is 18.2 Å². The van der Waals surface area contributed by atoms with Gasteiger partial charge in [-0.3, -0.25) is 9.69 Å². The van der Waals surface area contributed by atoms with Crippen molar-refractivity contribution in [3.63, 3.8) is 0 Å². The summed E-state index contributed by atoms with van der Waals surface area (Å²) in [5, 5.41) is 11.8. The zero-order valence-corrected chi connectivity index (χ0v) is 11.7. The maximum Gasteiger partial charge on any atom is 0.241 e. The Hall–Kier alpha value is -1.77. The van der Waals surface area contributed by atoms with E-state index in [-0.39, 0.29) is 11.9 Å². The zero-order valence-electron chi connectivity index (χ0n) is 11.0. The highest BCUT2D eigenvalue weighted by atomic mass is 35.5. The summed E-state index contributed by atoms with van der Waals surface area (Å²) in [5.41, 5.74) is 6.72. The molecule has 0 spiro atoms. The van der Waals surface area contributed by atoms with Crippen LogP contribution in [0.4, 0.5) is 11.4 Å². The van der Waals surface area contributed by atoms with Gasteiger partial charge in [0.25, 0.3) is 0 Å². The van der Waals surface area contributed by atoms with E-state index in [9.17, 15) is 4.79 Å². The minimum atomic E-state index is -0.355. The van der Waals surface area contributed by atoms with Crippen molar-refractivity contribution >= 4 is 28.9 Å². The number of hydrogen-bond donors (Lipinski definition) is 2. The van der Waals surface area contributed by atoms with Crippen LogP contribution in [0, 0.1) is 11.3 Å². The molecule has 5 nitrogen and oxygen atoms in total. The quantitative estimate of drug-likeness (QED) is 0.809. The molecule has 0 fully saturated rings. The van der Waals surface area contributed by atoms with E-state index in [4.69, 9.17) is 22.6 Å². The van der Waals surface area contributed by atoms with Crippen molar-refractivity contribution in [3.8, 4) is 6.07 Å². The first-order valence-electron chi connectivity index (χ1n) is 5.88. The molecule has 0 heterocycles. The van der Waals surface area contributed by atoms with E-state index in [1.807, 2.05) is 6.07 Å². The highest BCUT2D eigenvalue weighted by Gasteiger charge is 2.18. The first-order valence-corrected chi connectivity index (χ1v) is 6.26. The fourth-order valence-electron chi connectivity index (χ4n) is 1.49. The Bertz CT molecular complexity index is 498. The van der Waals surface area contributed by atoms with Crippen LogP contribution in [0.1, 0.15) is 13.3 Å². The van der Waals surface area contributed by atoms with Gasteiger partial charge in [0.05, 0.1) is 23.5 Å². The maximum absolute atomic E-state index is 12.0. The van der Waals surface area contributed by atoms with Crippen LogP contribution in [0.5, 0.6) is 0 Å². The van der Waals surface area contributed by atoms with Crippen molar-refractivity contribution in [2.45, 2.75) is 19.4 Å². The van der Waals surface area contributed by atoms with Gasteiger partial charge in [0.1, 0.15) is 0 Å². The number of likely N-dealkylation sites (N-methyl/N-ethyl adjacent to an activating group) is 1. The van der Waals surface area contributed by atoms with Crippen molar-refractivity contribution < 1.29 is 4.79 Å². The molecule has 3 N–H and O–H groups in total. The van der Waals surface area contributed by atoms with Crippen molar-refractivity contribution in [2.75, 3.05) is 24.6 Å². The molecule has 6 heteroatoms. The van der Waals surface area contributed by atoms with Gasteiger partial charge in [-0.05, 0) is 32.2 Å². The van der Waals surface area contributed by atoms with Gasteiger partial charge in [0, 0.05) is 18.0 Å². The fraction of sp³-hybridized carbons (Fsp3) is 0.385. The number of nitrogen functional groups attached to an aromatic ring is 1. The number of carbonyl (C=O) groups excluding carboxylic acids is 1. The van der Waals surface area contributed by atoms with Gasteiger partial charge in [0.2, 0.25) is 5.91 Å². The third-order valence-electron chi connectivity index (χ3n) is 2.89. The molecular formula is C13H17ClN4O. The molecule has 0 saturated heterocycles. The van der Waals surface area contributed by atoms with Crippen LogP contribution < -0.4 is 11.1 Å². The largest absolute Gasteiger partial charge is 0.397 e. The number of amides is 1. The van der Waals surface area contributed by atoms with Crippen molar-refractivity contribution in [2.24, 2.45) is 0 Å². The van der Waals surface area contributed by atoms with E-state index < -0.39 is 0 Å². The van der Waals surface area contributed by atoms with Crippen molar-refractivity contribution in [3.05, 3.63) is 23.2 Å². The number of carbonyl (C=O) groups is 1. The lowest BCUT2D eigenvalue weighted by Crippen LogP contribution is -2.40. The SMILES string of the molecule is CC(C(=O)Nc1cc(Cl)ccc1N)N(C)CCC#N. The highest BCUT2D eigenvalue weighted by Crippen LogP contribution is 2.23. The van der Waals surface area contributed by atoms with Gasteiger partial charge < -0.3 is 11.1 Å². The zero-order chi connectivity index (χ0) is 14.4. The smallest absolute Gasteiger partial charge is 0.241 e. The van der Waals surface area contributed by atoms with Crippen LogP contribution in [0.2, 0.25) is 5.02 Å². The summed E-state index contributed by atoms with van der Waals surface area (Å²) in [5.74, 6) is -0.186. The lowest BCUT2D eigenvalue weighted by Gasteiger charge is -2.23. The Kier molecular flexibility index (Phi) is 5.61. The molecule has 0 bridgehead atoms. The minimum Gasteiger partial charge on any atom is -0.397 e. The molecule has 1 amide bonds. The molecule has 0 radical (unpaired) electrons. The standard InChI is InChI=1S/C13H17ClN4O/c1-9(18(2)7-3-6-15)13(19)17-12-8-10(14)4-5-11(12)16/h4-5,8-9H,3,7,16H2,1-2H3,(H,17,19). The van der Waals surface area contributed by atoms with Crippen LogP contribution in [-0.4, -0.2) is 30.4 Å². The van der Waals surface area contributed by atoms with E-state index in [2.05, 4.69) is 5.32 Å². The first-order chi connectivity index (χ1) is 8.95. The van der Waals surface area contributed by atoms with Gasteiger partial charge in [-0.15, -0.1) is 0 Å². The molecule has 1 atom stereocenters. The molecule has 0 aliphatic rings. The molecule has 0 aliphatic heterocycles. The summed E-state index contributed by atoms with van der Waals surface area (Å²) in [6.45, 7) is 2.31. The molecule has 1 rings (SSSR count). The summed E-state index contributed by atoms with van der Waals surface area (Å²) < 4.78 is 0. The summed E-state index contributed by atoms with van der Waals surface area (Å²) in [7, 11) is 1.79. The fourth-order valence-corrected chi connectivity index (χ4v) is 1.67. The molecule has 1 aromatic rings. The molecule has 0 aromatic heterocycles. The number of rotatable bonds is 5. The third kappa shape index (κ3) is 4.43. The molecule has 1 aromatic carbocycles. The number of nitrogens with one attached hydrogen (secondary N) is 1. The van der Waals surface area contributed by atoms with Crippen molar-refractivity contribution in [1.29, 1.82) is 5.26 Å². The lowest BCUT2D eigenvalue weighted by molar-refractivity contribution is -0.120. The highest BCUT2D eigenvalue weighted by molar-refractivity contribution is 6.31. The number of nitrogens with two attached hydrogens (primary N) is 1. The van der Waals surface area contributed by atoms with Crippen LogP contribution in [0.25, 0.3) is 0 Å². The second-order valence-corrected chi connectivity index (χ2v) is 4.72. The Labute approximate surface area is 117 Å². The predicted molar refractivity (Wildman–Crippen MR) is 76.8 cm³/mol. The molecule has 102 valence electrons. The molecular weight excluding hydrogens is 264 g/mol. The number of halogens is 1. The van der Waals surface area contributed by atoms with Gasteiger partial charge >= 0.3 is 0 Å². The summed E-state index contributed by atoms with van der Waals surface area (Å²) in [6.07, 6.45) is 0.382. The number of nitrogens with zero attached hydrogens (tertiary/aromatic N) is 2. The maximum atomic E-state index is 12.0. The summed E-state index contributed by atoms with van der Waals surface area (Å²) in [4.78, 5) is 13.9. The van der Waals surface area contributed by atoms with Crippen molar-refractivity contribution in [1.82, 2.24) is 4.90 Å². The average Bonchev–Trinajstić information content (AvgIpc) is 2.39. The average molecular weight is 281 g/mol. The molecule has 0 aliphatic carbocycles. The number of nitriles is 1. The first kappa shape index (κ1) is 15.3. The lowest BCUT2D eigenvalue weighted by atomic mass is 10.2. The molecule has 1 unspecified atom stereocenters. The second kappa shape index (κ2) is 6.98. The Morgan fingerprint density at radius 1 is 1.63 bits per heavy atom. The third-order valence-corrected chi connectivity index (χ3v) is 3.13.